The minimum atomic E-state index is 0.408. The van der Waals surface area contributed by atoms with Gasteiger partial charge in [-0.2, -0.15) is 0 Å². The van der Waals surface area contributed by atoms with Crippen molar-refractivity contribution in [2.45, 2.75) is 32.4 Å². The third kappa shape index (κ3) is 3.65. The minimum Gasteiger partial charge on any atom is -0.378 e. The highest BCUT2D eigenvalue weighted by molar-refractivity contribution is 5.08. The maximum atomic E-state index is 5.64. The first kappa shape index (κ1) is 14.2. The smallest absolute Gasteiger partial charge is 0.120 e. The molecule has 1 saturated heterocycles. The summed E-state index contributed by atoms with van der Waals surface area (Å²) in [5.74, 6) is 1.01. The molecule has 0 saturated carbocycles. The summed E-state index contributed by atoms with van der Waals surface area (Å²) < 4.78 is 5.64. The van der Waals surface area contributed by atoms with Gasteiger partial charge in [0, 0.05) is 37.4 Å². The van der Waals surface area contributed by atoms with E-state index in [0.717, 1.165) is 56.4 Å². The lowest BCUT2D eigenvalue weighted by molar-refractivity contribution is -0.0154. The summed E-state index contributed by atoms with van der Waals surface area (Å²) in [4.78, 5) is 18.7. The fraction of sp³-hybridized carbons (Fsp3) is 0.533. The highest BCUT2D eigenvalue weighted by Gasteiger charge is 2.23. The molecular formula is C15H21N5O. The standard InChI is InChI=1S/C15H21N5O/c1-12-14(17-5-4-16-12)3-2-13-11-21-9-8-20(13)10-15-18-6-7-19-15/h4-7,13H,2-3,8-11H2,1H3,(H,18,19)/t13-/m0/s1. The van der Waals surface area contributed by atoms with E-state index in [2.05, 4.69) is 24.8 Å². The van der Waals surface area contributed by atoms with Crippen molar-refractivity contribution in [1.29, 1.82) is 0 Å². The number of H-pyrrole nitrogens is 1. The zero-order valence-electron chi connectivity index (χ0n) is 12.3. The van der Waals surface area contributed by atoms with Gasteiger partial charge in [-0.15, -0.1) is 0 Å². The van der Waals surface area contributed by atoms with Crippen LogP contribution in [0.2, 0.25) is 0 Å². The highest BCUT2D eigenvalue weighted by atomic mass is 16.5. The number of nitrogens with zero attached hydrogens (tertiary/aromatic N) is 4. The van der Waals surface area contributed by atoms with Crippen molar-refractivity contribution >= 4 is 0 Å². The van der Waals surface area contributed by atoms with E-state index in [9.17, 15) is 0 Å². The Kier molecular flexibility index (Phi) is 4.57. The fourth-order valence-corrected chi connectivity index (χ4v) is 2.73. The maximum Gasteiger partial charge on any atom is 0.120 e. The Morgan fingerprint density at radius 2 is 2.19 bits per heavy atom. The Hall–Kier alpha value is -1.79. The second-order valence-corrected chi connectivity index (χ2v) is 5.36. The SMILES string of the molecule is Cc1nccnc1CC[C@H]1COCCN1Cc1ncc[nH]1. The van der Waals surface area contributed by atoms with Crippen LogP contribution >= 0.6 is 0 Å². The monoisotopic (exact) mass is 287 g/mol. The van der Waals surface area contributed by atoms with Gasteiger partial charge in [0.1, 0.15) is 5.82 Å². The Balaban J connectivity index is 1.60. The van der Waals surface area contributed by atoms with Crippen LogP contribution in [0.1, 0.15) is 23.6 Å². The molecule has 3 heterocycles. The molecule has 0 radical (unpaired) electrons. The van der Waals surface area contributed by atoms with E-state index in [-0.39, 0.29) is 0 Å². The molecule has 0 unspecified atom stereocenters. The summed E-state index contributed by atoms with van der Waals surface area (Å²) in [6.45, 7) is 5.38. The van der Waals surface area contributed by atoms with Crippen molar-refractivity contribution in [2.24, 2.45) is 0 Å². The number of nitrogens with one attached hydrogen (secondary N) is 1. The molecule has 3 rings (SSSR count). The number of aryl methyl sites for hydroxylation is 2. The van der Waals surface area contributed by atoms with Gasteiger partial charge in [-0.1, -0.05) is 0 Å². The first-order chi connectivity index (χ1) is 10.3. The Morgan fingerprint density at radius 1 is 1.29 bits per heavy atom. The Morgan fingerprint density at radius 3 is 3.00 bits per heavy atom. The number of rotatable bonds is 5. The normalized spacial score (nSPS) is 19.8. The fourth-order valence-electron chi connectivity index (χ4n) is 2.73. The molecule has 21 heavy (non-hydrogen) atoms. The number of hydrogen-bond acceptors (Lipinski definition) is 5. The van der Waals surface area contributed by atoms with E-state index in [1.165, 1.54) is 0 Å². The van der Waals surface area contributed by atoms with Crippen LogP contribution < -0.4 is 0 Å². The van der Waals surface area contributed by atoms with Crippen LogP contribution in [0.5, 0.6) is 0 Å². The minimum absolute atomic E-state index is 0.408. The van der Waals surface area contributed by atoms with Gasteiger partial charge in [-0.05, 0) is 19.8 Å². The third-order valence-electron chi connectivity index (χ3n) is 3.95. The molecule has 0 amide bonds. The first-order valence-corrected chi connectivity index (χ1v) is 7.39. The van der Waals surface area contributed by atoms with Crippen molar-refractivity contribution in [1.82, 2.24) is 24.8 Å². The van der Waals surface area contributed by atoms with Crippen molar-refractivity contribution in [3.05, 3.63) is 42.0 Å². The summed E-state index contributed by atoms with van der Waals surface area (Å²) in [5, 5.41) is 0. The zero-order chi connectivity index (χ0) is 14.5. The molecule has 1 fully saturated rings. The second kappa shape index (κ2) is 6.78. The molecule has 1 N–H and O–H groups in total. The van der Waals surface area contributed by atoms with Crippen LogP contribution in [-0.4, -0.2) is 50.6 Å². The molecule has 1 atom stereocenters. The molecular weight excluding hydrogens is 266 g/mol. The van der Waals surface area contributed by atoms with Crippen LogP contribution in [0.25, 0.3) is 0 Å². The van der Waals surface area contributed by atoms with Crippen molar-refractivity contribution in [3.8, 4) is 0 Å². The van der Waals surface area contributed by atoms with Crippen LogP contribution in [0, 0.1) is 6.92 Å². The quantitative estimate of drug-likeness (QED) is 0.899. The molecule has 2 aromatic rings. The molecule has 1 aliphatic rings. The van der Waals surface area contributed by atoms with E-state index in [4.69, 9.17) is 4.74 Å². The molecule has 0 aromatic carbocycles. The topological polar surface area (TPSA) is 66.9 Å². The van der Waals surface area contributed by atoms with Gasteiger partial charge in [0.2, 0.25) is 0 Å². The lowest BCUT2D eigenvalue weighted by Crippen LogP contribution is -2.45. The van der Waals surface area contributed by atoms with Gasteiger partial charge >= 0.3 is 0 Å². The van der Waals surface area contributed by atoms with Crippen molar-refractivity contribution in [2.75, 3.05) is 19.8 Å². The van der Waals surface area contributed by atoms with Gasteiger partial charge in [0.25, 0.3) is 0 Å². The Bertz CT molecular complexity index is 557. The molecule has 112 valence electrons. The highest BCUT2D eigenvalue weighted by Crippen LogP contribution is 2.16. The van der Waals surface area contributed by atoms with Crippen LogP contribution in [0.4, 0.5) is 0 Å². The average molecular weight is 287 g/mol. The van der Waals surface area contributed by atoms with Gasteiger partial charge in [0.05, 0.1) is 31.1 Å². The van der Waals surface area contributed by atoms with Crippen molar-refractivity contribution in [3.63, 3.8) is 0 Å². The van der Waals surface area contributed by atoms with Gasteiger partial charge in [-0.25, -0.2) is 4.98 Å². The summed E-state index contributed by atoms with van der Waals surface area (Å²) in [7, 11) is 0. The average Bonchev–Trinajstić information content (AvgIpc) is 3.01. The molecule has 6 heteroatoms. The predicted octanol–water partition coefficient (Wildman–Crippen LogP) is 1.34. The number of aromatic amines is 1. The lowest BCUT2D eigenvalue weighted by Gasteiger charge is -2.35. The summed E-state index contributed by atoms with van der Waals surface area (Å²) >= 11 is 0. The number of imidazole rings is 1. The summed E-state index contributed by atoms with van der Waals surface area (Å²) in [6, 6.07) is 0.408. The molecule has 0 aliphatic carbocycles. The largest absolute Gasteiger partial charge is 0.378 e. The first-order valence-electron chi connectivity index (χ1n) is 7.39. The van der Waals surface area contributed by atoms with Gasteiger partial charge < -0.3 is 9.72 Å². The molecule has 0 spiro atoms. The zero-order valence-corrected chi connectivity index (χ0v) is 12.3. The molecule has 0 bridgehead atoms. The molecule has 1 aliphatic heterocycles. The maximum absolute atomic E-state index is 5.64. The van der Waals surface area contributed by atoms with Crippen LogP contribution in [-0.2, 0) is 17.7 Å². The lowest BCUT2D eigenvalue weighted by atomic mass is 10.1. The molecule has 2 aromatic heterocycles. The van der Waals surface area contributed by atoms with Crippen LogP contribution in [0.3, 0.4) is 0 Å². The number of ether oxygens (including phenoxy) is 1. The second-order valence-electron chi connectivity index (χ2n) is 5.36. The Labute approximate surface area is 124 Å². The summed E-state index contributed by atoms with van der Waals surface area (Å²) in [5.41, 5.74) is 2.10. The van der Waals surface area contributed by atoms with Crippen molar-refractivity contribution < 1.29 is 4.74 Å². The third-order valence-corrected chi connectivity index (χ3v) is 3.95. The predicted molar refractivity (Wildman–Crippen MR) is 78.7 cm³/mol. The number of morpholine rings is 1. The van der Waals surface area contributed by atoms with E-state index in [1.54, 1.807) is 18.6 Å². The van der Waals surface area contributed by atoms with E-state index >= 15 is 0 Å². The van der Waals surface area contributed by atoms with Gasteiger partial charge in [-0.3, -0.25) is 14.9 Å². The summed E-state index contributed by atoms with van der Waals surface area (Å²) in [6.07, 6.45) is 9.14. The van der Waals surface area contributed by atoms with E-state index in [1.807, 2.05) is 13.1 Å². The van der Waals surface area contributed by atoms with Crippen LogP contribution in [0.15, 0.2) is 24.8 Å². The van der Waals surface area contributed by atoms with E-state index in [0.29, 0.717) is 6.04 Å². The number of hydrogen-bond donors (Lipinski definition) is 1. The van der Waals surface area contributed by atoms with Gasteiger partial charge in [0.15, 0.2) is 0 Å². The molecule has 6 nitrogen and oxygen atoms in total. The number of aromatic nitrogens is 4. The van der Waals surface area contributed by atoms with E-state index < -0.39 is 0 Å².